The molecule has 52 heavy (non-hydrogen) atoms. The Bertz CT molecular complexity index is 1690. The molecular weight excluding hydrogens is 676 g/mol. The normalized spacial score (nSPS) is 13.6. The average molecular weight is 726 g/mol. The van der Waals surface area contributed by atoms with E-state index in [1.165, 1.54) is 12.1 Å². The van der Waals surface area contributed by atoms with Gasteiger partial charge in [-0.15, -0.1) is 0 Å². The number of benzene rings is 3. The van der Waals surface area contributed by atoms with E-state index in [2.05, 4.69) is 10.6 Å². The van der Waals surface area contributed by atoms with Crippen LogP contribution in [0.5, 0.6) is 0 Å². The molecule has 1 heterocycles. The number of para-hydroxylation sites is 1. The van der Waals surface area contributed by atoms with Crippen molar-refractivity contribution in [2.45, 2.75) is 89.3 Å². The van der Waals surface area contributed by atoms with Gasteiger partial charge in [-0.1, -0.05) is 62.4 Å². The summed E-state index contributed by atoms with van der Waals surface area (Å²) in [5, 5.41) is 58.2. The number of carbonyl (C=O) groups is 2. The van der Waals surface area contributed by atoms with Gasteiger partial charge in [0, 0.05) is 35.9 Å². The minimum absolute atomic E-state index is 0. The number of nitrogens with one attached hydrogen (secondary N) is 2. The molecule has 4 aromatic rings. The number of aromatic nitrogens is 1. The van der Waals surface area contributed by atoms with E-state index in [0.29, 0.717) is 49.3 Å². The number of nitrogens with zero attached hydrogens (tertiary/aromatic N) is 1. The average Bonchev–Trinajstić information content (AvgIpc) is 3.43. The Balaban J connectivity index is 0.00000729. The molecule has 0 fully saturated rings. The predicted octanol–water partition coefficient (Wildman–Crippen LogP) is 1.46. The molecule has 6 N–H and O–H groups in total. The molecule has 274 valence electrons. The van der Waals surface area contributed by atoms with Crippen LogP contribution in [0.25, 0.3) is 22.4 Å². The second kappa shape index (κ2) is 21.3. The van der Waals surface area contributed by atoms with Gasteiger partial charge < -0.3 is 45.5 Å². The molecular formula is C40H49FN3NaO7. The van der Waals surface area contributed by atoms with Gasteiger partial charge in [-0.2, -0.15) is 0 Å². The summed E-state index contributed by atoms with van der Waals surface area (Å²) in [6, 6.07) is 25.0. The van der Waals surface area contributed by atoms with Crippen LogP contribution in [0, 0.1) is 5.82 Å². The van der Waals surface area contributed by atoms with Gasteiger partial charge >= 0.3 is 29.6 Å². The summed E-state index contributed by atoms with van der Waals surface area (Å²) >= 11 is 0. The number of amides is 1. The van der Waals surface area contributed by atoms with Gasteiger partial charge in [-0.3, -0.25) is 4.79 Å². The Labute approximate surface area is 327 Å². The minimum Gasteiger partial charge on any atom is -0.550 e. The van der Waals surface area contributed by atoms with Crippen LogP contribution in [0.1, 0.15) is 74.3 Å². The maximum atomic E-state index is 14.2. The fourth-order valence-corrected chi connectivity index (χ4v) is 6.41. The molecule has 3 aromatic carbocycles. The van der Waals surface area contributed by atoms with Crippen molar-refractivity contribution in [1.29, 1.82) is 0 Å². The van der Waals surface area contributed by atoms with E-state index < -0.39 is 36.8 Å². The number of rotatable bonds is 20. The van der Waals surface area contributed by atoms with Crippen molar-refractivity contribution >= 4 is 17.6 Å². The van der Waals surface area contributed by atoms with Crippen LogP contribution in [0.2, 0.25) is 0 Å². The number of hydrogen-bond donors (Lipinski definition) is 6. The third-order valence-corrected chi connectivity index (χ3v) is 8.77. The van der Waals surface area contributed by atoms with Crippen LogP contribution in [0.3, 0.4) is 0 Å². The predicted molar refractivity (Wildman–Crippen MR) is 193 cm³/mol. The Morgan fingerprint density at radius 3 is 1.85 bits per heavy atom. The summed E-state index contributed by atoms with van der Waals surface area (Å²) in [6.45, 7) is 5.17. The number of carboxylic acid groups (broad SMARTS) is 1. The molecule has 0 unspecified atom stereocenters. The molecule has 4 rings (SSSR count). The molecule has 0 aliphatic carbocycles. The van der Waals surface area contributed by atoms with Crippen LogP contribution in [-0.2, 0) is 11.3 Å². The Morgan fingerprint density at radius 2 is 1.29 bits per heavy atom. The minimum atomic E-state index is -1.38. The van der Waals surface area contributed by atoms with Crippen LogP contribution < -0.4 is 45.3 Å². The zero-order valence-corrected chi connectivity index (χ0v) is 32.2. The number of anilines is 1. The molecule has 1 amide bonds. The Kier molecular flexibility index (Phi) is 17.7. The summed E-state index contributed by atoms with van der Waals surface area (Å²) in [5.74, 6) is -2.15. The number of carbonyl (C=O) groups excluding carboxylic acids is 2. The summed E-state index contributed by atoms with van der Waals surface area (Å²) in [5.41, 5.74) is 4.89. The Morgan fingerprint density at radius 1 is 0.750 bits per heavy atom. The summed E-state index contributed by atoms with van der Waals surface area (Å²) < 4.78 is 16.2. The molecule has 4 atom stereocenters. The molecule has 1 aromatic heterocycles. The van der Waals surface area contributed by atoms with Gasteiger partial charge in [0.05, 0.1) is 35.7 Å². The maximum absolute atomic E-state index is 14.2. The second-order valence-electron chi connectivity index (χ2n) is 13.3. The molecule has 0 bridgehead atoms. The number of halogens is 1. The van der Waals surface area contributed by atoms with Crippen LogP contribution >= 0.6 is 0 Å². The van der Waals surface area contributed by atoms with Crippen molar-refractivity contribution in [2.24, 2.45) is 0 Å². The fourth-order valence-electron chi connectivity index (χ4n) is 6.41. The molecule has 10 nitrogen and oxygen atoms in total. The fraction of sp³-hybridized carbons (Fsp3) is 0.400. The topological polar surface area (TPSA) is 167 Å². The van der Waals surface area contributed by atoms with Crippen LogP contribution in [0.4, 0.5) is 10.1 Å². The van der Waals surface area contributed by atoms with E-state index in [1.807, 2.05) is 79.1 Å². The smallest absolute Gasteiger partial charge is 0.550 e. The molecule has 0 radical (unpaired) electrons. The first-order valence-electron chi connectivity index (χ1n) is 17.5. The monoisotopic (exact) mass is 725 g/mol. The number of aliphatic carboxylic acids is 1. The van der Waals surface area contributed by atoms with Crippen LogP contribution in [-0.4, -0.2) is 74.4 Å². The second-order valence-corrected chi connectivity index (χ2v) is 13.3. The first kappa shape index (κ1) is 43.0. The van der Waals surface area contributed by atoms with E-state index in [0.717, 1.165) is 22.5 Å². The van der Waals surface area contributed by atoms with Crippen molar-refractivity contribution in [3.63, 3.8) is 0 Å². The summed E-state index contributed by atoms with van der Waals surface area (Å²) in [6.07, 6.45) is -3.28. The molecule has 0 aliphatic heterocycles. The SMILES string of the molecule is CC(C)c1c(C(=O)Nc2ccccc2)c(-c2ccccc2)c(-c2ccc(F)cc2)n1CC[C@@H](O)C[C@H](O)CCNCC[C@@H](O)C[C@@H](O)CC(=O)[O-].[Na+]. The van der Waals surface area contributed by atoms with Crippen molar-refractivity contribution in [1.82, 2.24) is 9.88 Å². The number of hydrogen-bond acceptors (Lipinski definition) is 8. The number of aliphatic hydroxyl groups is 4. The van der Waals surface area contributed by atoms with Gasteiger partial charge in [0.2, 0.25) is 0 Å². The molecule has 0 saturated heterocycles. The van der Waals surface area contributed by atoms with Crippen molar-refractivity contribution in [3.8, 4) is 22.4 Å². The van der Waals surface area contributed by atoms with E-state index in [1.54, 1.807) is 12.1 Å². The van der Waals surface area contributed by atoms with Gasteiger partial charge in [-0.25, -0.2) is 4.39 Å². The maximum Gasteiger partial charge on any atom is 1.00 e. The van der Waals surface area contributed by atoms with Crippen molar-refractivity contribution < 1.29 is 69.1 Å². The van der Waals surface area contributed by atoms with Crippen molar-refractivity contribution in [3.05, 3.63) is 102 Å². The van der Waals surface area contributed by atoms with Gasteiger partial charge in [-0.05, 0) is 98.6 Å². The zero-order valence-electron chi connectivity index (χ0n) is 30.2. The number of carboxylic acids is 1. The quantitative estimate of drug-likeness (QED) is 0.0589. The van der Waals surface area contributed by atoms with Crippen LogP contribution in [0.15, 0.2) is 84.9 Å². The van der Waals surface area contributed by atoms with Crippen molar-refractivity contribution in [2.75, 3.05) is 18.4 Å². The molecule has 0 saturated carbocycles. The van der Waals surface area contributed by atoms with E-state index in [4.69, 9.17) is 0 Å². The van der Waals surface area contributed by atoms with Gasteiger partial charge in [0.15, 0.2) is 0 Å². The van der Waals surface area contributed by atoms with E-state index in [9.17, 15) is 39.5 Å². The number of aliphatic hydroxyl groups excluding tert-OH is 4. The molecule has 0 aliphatic rings. The zero-order chi connectivity index (χ0) is 36.9. The first-order chi connectivity index (χ1) is 24.4. The Hall–Kier alpha value is -3.39. The van der Waals surface area contributed by atoms with Gasteiger partial charge in [0.1, 0.15) is 5.82 Å². The first-order valence-corrected chi connectivity index (χ1v) is 17.5. The third kappa shape index (κ3) is 12.6. The van der Waals surface area contributed by atoms with E-state index in [-0.39, 0.29) is 66.5 Å². The summed E-state index contributed by atoms with van der Waals surface area (Å²) in [7, 11) is 0. The summed E-state index contributed by atoms with van der Waals surface area (Å²) in [4.78, 5) is 24.8. The van der Waals surface area contributed by atoms with E-state index >= 15 is 0 Å². The van der Waals surface area contributed by atoms with Gasteiger partial charge in [0.25, 0.3) is 5.91 Å². The largest absolute Gasteiger partial charge is 1.00 e. The third-order valence-electron chi connectivity index (χ3n) is 8.77. The standard InChI is InChI=1S/C40H50FN3O7.Na/c1-26(2)38-37(40(51)43-30-11-7-4-8-12-30)36(27-9-5-3-6-10-27)39(28-13-15-29(41)16-14-28)44(38)22-19-33(47)23-31(45)17-20-42-21-18-32(46)24-34(48)25-35(49)50;/h3-16,26,31-34,42,45-48H,17-25H2,1-2H3,(H,43,51)(H,49,50);/q;+1/p-1/t31-,32-,33-,34-;/m1./s1. The molecule has 0 spiro atoms. The molecule has 12 heteroatoms.